The number of aryl methyl sites for hydroxylation is 1. The van der Waals surface area contributed by atoms with E-state index in [0.717, 1.165) is 15.8 Å². The fraction of sp³-hybridized carbons (Fsp3) is 0.211. The molecular weight excluding hydrogens is 336 g/mol. The van der Waals surface area contributed by atoms with Gasteiger partial charge in [0.15, 0.2) is 4.80 Å². The van der Waals surface area contributed by atoms with Gasteiger partial charge in [0.05, 0.1) is 10.2 Å². The number of thiazole rings is 1. The van der Waals surface area contributed by atoms with Crippen LogP contribution in [0.25, 0.3) is 10.2 Å². The molecule has 3 rings (SSSR count). The standard InChI is InChI=1S/C19H18N2O3S/c1-3-14(18(23)24)21-15-6-4-5-7-16(15)25-19(21)20-17(22)13-10-8-12(2)9-11-13/h4-11,14H,3H2,1-2H3,(H,23,24)/t14-/m0/s1. The van der Waals surface area contributed by atoms with Crippen molar-refractivity contribution in [1.82, 2.24) is 4.57 Å². The summed E-state index contributed by atoms with van der Waals surface area (Å²) in [5, 5.41) is 9.57. The van der Waals surface area contributed by atoms with Crippen LogP contribution < -0.4 is 4.80 Å². The van der Waals surface area contributed by atoms with Crippen LogP contribution >= 0.6 is 11.3 Å². The van der Waals surface area contributed by atoms with E-state index in [-0.39, 0.29) is 5.91 Å². The molecule has 2 aromatic carbocycles. The molecule has 1 heterocycles. The molecule has 0 fully saturated rings. The van der Waals surface area contributed by atoms with E-state index >= 15 is 0 Å². The number of fused-ring (bicyclic) bond motifs is 1. The first-order chi connectivity index (χ1) is 12.0. The predicted octanol–water partition coefficient (Wildman–Crippen LogP) is 3.79. The molecule has 128 valence electrons. The normalized spacial score (nSPS) is 13.1. The third-order valence-electron chi connectivity index (χ3n) is 4.01. The Morgan fingerprint density at radius 3 is 2.48 bits per heavy atom. The van der Waals surface area contributed by atoms with Crippen LogP contribution in [-0.2, 0) is 4.79 Å². The minimum absolute atomic E-state index is 0.374. The van der Waals surface area contributed by atoms with Crippen molar-refractivity contribution in [2.75, 3.05) is 0 Å². The van der Waals surface area contributed by atoms with Crippen molar-refractivity contribution < 1.29 is 14.7 Å². The van der Waals surface area contributed by atoms with Gasteiger partial charge in [-0.1, -0.05) is 48.1 Å². The second-order valence-electron chi connectivity index (χ2n) is 5.77. The second-order valence-corrected chi connectivity index (χ2v) is 6.78. The molecule has 0 unspecified atom stereocenters. The van der Waals surface area contributed by atoms with Crippen LogP contribution in [0.2, 0.25) is 0 Å². The average Bonchev–Trinajstić information content (AvgIpc) is 2.94. The summed E-state index contributed by atoms with van der Waals surface area (Å²) < 4.78 is 2.55. The summed E-state index contributed by atoms with van der Waals surface area (Å²) in [5.41, 5.74) is 2.32. The molecule has 1 aromatic heterocycles. The van der Waals surface area contributed by atoms with Crippen molar-refractivity contribution >= 4 is 33.4 Å². The van der Waals surface area contributed by atoms with Gasteiger partial charge in [-0.2, -0.15) is 4.99 Å². The van der Waals surface area contributed by atoms with Gasteiger partial charge in [-0.05, 0) is 37.6 Å². The van der Waals surface area contributed by atoms with E-state index < -0.39 is 12.0 Å². The maximum atomic E-state index is 12.5. The van der Waals surface area contributed by atoms with Gasteiger partial charge >= 0.3 is 5.97 Å². The Hall–Kier alpha value is -2.73. The topological polar surface area (TPSA) is 71.7 Å². The molecule has 6 heteroatoms. The van der Waals surface area contributed by atoms with Gasteiger partial charge in [0, 0.05) is 5.56 Å². The molecule has 0 aliphatic carbocycles. The van der Waals surface area contributed by atoms with Crippen LogP contribution in [-0.4, -0.2) is 21.6 Å². The lowest BCUT2D eigenvalue weighted by Crippen LogP contribution is -2.27. The second kappa shape index (κ2) is 7.03. The maximum absolute atomic E-state index is 12.5. The molecule has 0 aliphatic rings. The molecule has 5 nitrogen and oxygen atoms in total. The maximum Gasteiger partial charge on any atom is 0.326 e. The highest BCUT2D eigenvalue weighted by atomic mass is 32.1. The van der Waals surface area contributed by atoms with Gasteiger partial charge in [-0.3, -0.25) is 4.79 Å². The molecule has 0 aliphatic heterocycles. The lowest BCUT2D eigenvalue weighted by atomic mass is 10.1. The molecule has 0 saturated heterocycles. The van der Waals surface area contributed by atoms with Crippen molar-refractivity contribution in [2.24, 2.45) is 4.99 Å². The SMILES string of the molecule is CC[C@@H](C(=O)O)n1c(=NC(=O)c2ccc(C)cc2)sc2ccccc21. The molecule has 0 saturated carbocycles. The quantitative estimate of drug-likeness (QED) is 0.775. The molecule has 1 atom stereocenters. The molecule has 3 aromatic rings. The van der Waals surface area contributed by atoms with Gasteiger partial charge in [-0.25, -0.2) is 4.79 Å². The van der Waals surface area contributed by atoms with E-state index in [1.807, 2.05) is 50.2 Å². The molecule has 0 radical (unpaired) electrons. The Bertz CT molecular complexity index is 999. The summed E-state index contributed by atoms with van der Waals surface area (Å²) in [4.78, 5) is 28.8. The van der Waals surface area contributed by atoms with E-state index in [2.05, 4.69) is 4.99 Å². The van der Waals surface area contributed by atoms with E-state index in [9.17, 15) is 14.7 Å². The number of carbonyl (C=O) groups is 2. The van der Waals surface area contributed by atoms with Crippen LogP contribution in [0.1, 0.15) is 35.3 Å². The van der Waals surface area contributed by atoms with Crippen molar-refractivity contribution in [2.45, 2.75) is 26.3 Å². The summed E-state index contributed by atoms with van der Waals surface area (Å²) in [6, 6.07) is 13.9. The fourth-order valence-corrected chi connectivity index (χ4v) is 3.75. The van der Waals surface area contributed by atoms with Crippen molar-refractivity contribution in [3.8, 4) is 0 Å². The zero-order valence-corrected chi connectivity index (χ0v) is 14.8. The fourth-order valence-electron chi connectivity index (χ4n) is 2.69. The monoisotopic (exact) mass is 354 g/mol. The number of benzene rings is 2. The number of carboxylic acid groups (broad SMARTS) is 1. The lowest BCUT2D eigenvalue weighted by Gasteiger charge is -2.13. The summed E-state index contributed by atoms with van der Waals surface area (Å²) >= 11 is 1.32. The highest BCUT2D eigenvalue weighted by Gasteiger charge is 2.21. The largest absolute Gasteiger partial charge is 0.480 e. The number of para-hydroxylation sites is 1. The number of carbonyl (C=O) groups excluding carboxylic acids is 1. The Labute approximate surface area is 148 Å². The Kier molecular flexibility index (Phi) is 4.81. The molecular formula is C19H18N2O3S. The summed E-state index contributed by atoms with van der Waals surface area (Å²) in [5.74, 6) is -1.31. The highest BCUT2D eigenvalue weighted by Crippen LogP contribution is 2.22. The van der Waals surface area contributed by atoms with Crippen LogP contribution in [0.4, 0.5) is 0 Å². The smallest absolute Gasteiger partial charge is 0.326 e. The zero-order chi connectivity index (χ0) is 18.0. The van der Waals surface area contributed by atoms with Gasteiger partial charge < -0.3 is 9.67 Å². The number of aliphatic carboxylic acids is 1. The molecule has 0 bridgehead atoms. The van der Waals surface area contributed by atoms with Crippen molar-refractivity contribution in [1.29, 1.82) is 0 Å². The first kappa shape index (κ1) is 17.1. The van der Waals surface area contributed by atoms with Crippen LogP contribution in [0.3, 0.4) is 0 Å². The highest BCUT2D eigenvalue weighted by molar-refractivity contribution is 7.16. The average molecular weight is 354 g/mol. The summed E-state index contributed by atoms with van der Waals surface area (Å²) in [6.07, 6.45) is 0.405. The lowest BCUT2D eigenvalue weighted by molar-refractivity contribution is -0.140. The van der Waals surface area contributed by atoms with Gasteiger partial charge in [-0.15, -0.1) is 0 Å². The number of amides is 1. The van der Waals surface area contributed by atoms with Crippen LogP contribution in [0.15, 0.2) is 53.5 Å². The number of hydrogen-bond donors (Lipinski definition) is 1. The Morgan fingerprint density at radius 2 is 1.84 bits per heavy atom. The van der Waals surface area contributed by atoms with E-state index in [1.165, 1.54) is 11.3 Å². The summed E-state index contributed by atoms with van der Waals surface area (Å²) in [6.45, 7) is 3.76. The van der Waals surface area contributed by atoms with Crippen LogP contribution in [0, 0.1) is 6.92 Å². The number of hydrogen-bond acceptors (Lipinski definition) is 3. The van der Waals surface area contributed by atoms with Gasteiger partial charge in [0.25, 0.3) is 5.91 Å². The van der Waals surface area contributed by atoms with Gasteiger partial charge in [0.2, 0.25) is 0 Å². The minimum atomic E-state index is -0.935. The Balaban J connectivity index is 2.19. The van der Waals surface area contributed by atoms with Crippen LogP contribution in [0.5, 0.6) is 0 Å². The van der Waals surface area contributed by atoms with Crippen molar-refractivity contribution in [3.05, 3.63) is 64.5 Å². The number of rotatable bonds is 4. The van der Waals surface area contributed by atoms with Gasteiger partial charge in [0.1, 0.15) is 6.04 Å². The molecule has 1 N–H and O–H groups in total. The first-order valence-electron chi connectivity index (χ1n) is 8.00. The zero-order valence-electron chi connectivity index (χ0n) is 14.0. The third-order valence-corrected chi connectivity index (χ3v) is 5.05. The number of aromatic nitrogens is 1. The molecule has 25 heavy (non-hydrogen) atoms. The Morgan fingerprint density at radius 1 is 1.16 bits per heavy atom. The number of carboxylic acids is 1. The van der Waals surface area contributed by atoms with Crippen molar-refractivity contribution in [3.63, 3.8) is 0 Å². The third kappa shape index (κ3) is 3.39. The summed E-state index contributed by atoms with van der Waals surface area (Å²) in [7, 11) is 0. The number of nitrogens with zero attached hydrogens (tertiary/aromatic N) is 2. The minimum Gasteiger partial charge on any atom is -0.480 e. The van der Waals surface area contributed by atoms with E-state index in [1.54, 1.807) is 16.7 Å². The van der Waals surface area contributed by atoms with E-state index in [0.29, 0.717) is 16.8 Å². The molecule has 0 spiro atoms. The first-order valence-corrected chi connectivity index (χ1v) is 8.81. The predicted molar refractivity (Wildman–Crippen MR) is 97.9 cm³/mol. The molecule has 1 amide bonds. The van der Waals surface area contributed by atoms with E-state index in [4.69, 9.17) is 0 Å².